The number of imidazole rings is 1. The van der Waals surface area contributed by atoms with Crippen molar-refractivity contribution in [1.82, 2.24) is 9.55 Å². The van der Waals surface area contributed by atoms with E-state index in [4.69, 9.17) is 14.5 Å². The average molecular weight is 441 g/mol. The number of benzene rings is 3. The predicted octanol–water partition coefficient (Wildman–Crippen LogP) is 6.82. The first kappa shape index (κ1) is 22.7. The summed E-state index contributed by atoms with van der Waals surface area (Å²) < 4.78 is 14.5. The standard InChI is InChI=1S/C29H32N2O2/c1-4-11-24-12-5-8-15-27(24)32-19-10-9-18-31-26-14-7-6-13-25(26)30-29(31)21-33-28-20-22(2)16-17-23(28)3/h4-8,12-17,20H,1,9-11,18-19,21H2,2-3H3. The van der Waals surface area contributed by atoms with Crippen LogP contribution in [0.15, 0.2) is 79.4 Å². The molecule has 0 bridgehead atoms. The van der Waals surface area contributed by atoms with Gasteiger partial charge in [0.15, 0.2) is 0 Å². The molecule has 4 nitrogen and oxygen atoms in total. The molecule has 0 fully saturated rings. The Morgan fingerprint density at radius 2 is 1.73 bits per heavy atom. The van der Waals surface area contributed by atoms with E-state index in [-0.39, 0.29) is 0 Å². The first-order chi connectivity index (χ1) is 16.2. The Labute approximate surface area is 196 Å². The molecule has 0 N–H and O–H groups in total. The van der Waals surface area contributed by atoms with Gasteiger partial charge in [0, 0.05) is 6.54 Å². The Kier molecular flexibility index (Phi) is 7.46. The molecule has 0 saturated heterocycles. The van der Waals surface area contributed by atoms with E-state index in [1.54, 1.807) is 0 Å². The maximum Gasteiger partial charge on any atom is 0.147 e. The summed E-state index contributed by atoms with van der Waals surface area (Å²) in [5.74, 6) is 2.82. The van der Waals surface area contributed by atoms with Gasteiger partial charge in [-0.1, -0.05) is 48.5 Å². The van der Waals surface area contributed by atoms with E-state index < -0.39 is 0 Å². The number of aryl methyl sites for hydroxylation is 3. The van der Waals surface area contributed by atoms with E-state index in [1.165, 1.54) is 11.1 Å². The summed E-state index contributed by atoms with van der Waals surface area (Å²) in [6, 6.07) is 22.8. The summed E-state index contributed by atoms with van der Waals surface area (Å²) in [7, 11) is 0. The third kappa shape index (κ3) is 5.64. The highest BCUT2D eigenvalue weighted by molar-refractivity contribution is 5.75. The number of allylic oxidation sites excluding steroid dienone is 1. The van der Waals surface area contributed by atoms with Gasteiger partial charge in [-0.15, -0.1) is 6.58 Å². The molecule has 0 aliphatic carbocycles. The van der Waals surface area contributed by atoms with Crippen molar-refractivity contribution in [1.29, 1.82) is 0 Å². The number of rotatable bonds is 11. The van der Waals surface area contributed by atoms with E-state index in [9.17, 15) is 0 Å². The first-order valence-corrected chi connectivity index (χ1v) is 11.6. The molecule has 3 aromatic carbocycles. The summed E-state index contributed by atoms with van der Waals surface area (Å²) in [4.78, 5) is 4.86. The number of fused-ring (bicyclic) bond motifs is 1. The summed E-state index contributed by atoms with van der Waals surface area (Å²) in [6.45, 7) is 10.0. The van der Waals surface area contributed by atoms with Crippen LogP contribution in [0, 0.1) is 13.8 Å². The zero-order valence-corrected chi connectivity index (χ0v) is 19.6. The van der Waals surface area contributed by atoms with Crippen LogP contribution in [0.3, 0.4) is 0 Å². The molecule has 170 valence electrons. The van der Waals surface area contributed by atoms with E-state index in [0.717, 1.165) is 59.7 Å². The number of unbranched alkanes of at least 4 members (excludes halogenated alkanes) is 1. The van der Waals surface area contributed by atoms with Gasteiger partial charge in [0.1, 0.15) is 23.9 Å². The van der Waals surface area contributed by atoms with Crippen molar-refractivity contribution in [2.24, 2.45) is 0 Å². The van der Waals surface area contributed by atoms with Crippen LogP contribution in [0.1, 0.15) is 35.4 Å². The second kappa shape index (κ2) is 10.9. The summed E-state index contributed by atoms with van der Waals surface area (Å²) >= 11 is 0. The number of hydrogen-bond donors (Lipinski definition) is 0. The molecule has 0 atom stereocenters. The van der Waals surface area contributed by atoms with Crippen molar-refractivity contribution >= 4 is 11.0 Å². The normalized spacial score (nSPS) is 11.0. The lowest BCUT2D eigenvalue weighted by Crippen LogP contribution is -2.09. The molecular formula is C29H32N2O2. The van der Waals surface area contributed by atoms with Gasteiger partial charge in [-0.25, -0.2) is 4.98 Å². The quantitative estimate of drug-likeness (QED) is 0.190. The minimum Gasteiger partial charge on any atom is -0.493 e. The largest absolute Gasteiger partial charge is 0.493 e. The molecule has 1 heterocycles. The lowest BCUT2D eigenvalue weighted by atomic mass is 10.1. The number of hydrogen-bond acceptors (Lipinski definition) is 3. The molecule has 33 heavy (non-hydrogen) atoms. The second-order valence-corrected chi connectivity index (χ2v) is 8.38. The SMILES string of the molecule is C=CCc1ccccc1OCCCCn1c(COc2cc(C)ccc2C)nc2ccccc21. The second-order valence-electron chi connectivity index (χ2n) is 8.38. The van der Waals surface area contributed by atoms with E-state index in [1.807, 2.05) is 30.3 Å². The molecule has 4 aromatic rings. The number of para-hydroxylation sites is 3. The first-order valence-electron chi connectivity index (χ1n) is 11.6. The van der Waals surface area contributed by atoms with Crippen LogP contribution in [0.25, 0.3) is 11.0 Å². The molecule has 0 radical (unpaired) electrons. The molecule has 0 unspecified atom stereocenters. The predicted molar refractivity (Wildman–Crippen MR) is 135 cm³/mol. The van der Waals surface area contributed by atoms with Crippen LogP contribution >= 0.6 is 0 Å². The van der Waals surface area contributed by atoms with Crippen LogP contribution in [0.4, 0.5) is 0 Å². The van der Waals surface area contributed by atoms with Crippen molar-refractivity contribution in [2.45, 2.75) is 46.3 Å². The van der Waals surface area contributed by atoms with E-state index in [2.05, 4.69) is 67.5 Å². The minimum atomic E-state index is 0.449. The molecule has 1 aromatic heterocycles. The van der Waals surface area contributed by atoms with Crippen LogP contribution in [-0.2, 0) is 19.6 Å². The minimum absolute atomic E-state index is 0.449. The molecule has 0 saturated carbocycles. The highest BCUT2D eigenvalue weighted by Crippen LogP contribution is 2.23. The van der Waals surface area contributed by atoms with Gasteiger partial charge in [0.05, 0.1) is 17.6 Å². The Hall–Kier alpha value is -3.53. The van der Waals surface area contributed by atoms with Crippen molar-refractivity contribution < 1.29 is 9.47 Å². The molecule has 0 spiro atoms. The monoisotopic (exact) mass is 440 g/mol. The zero-order chi connectivity index (χ0) is 23.0. The highest BCUT2D eigenvalue weighted by Gasteiger charge is 2.12. The van der Waals surface area contributed by atoms with Crippen LogP contribution in [0.5, 0.6) is 11.5 Å². The maximum atomic E-state index is 6.18. The fraction of sp³-hybridized carbons (Fsp3) is 0.276. The number of nitrogens with zero attached hydrogens (tertiary/aromatic N) is 2. The van der Waals surface area contributed by atoms with Gasteiger partial charge < -0.3 is 14.0 Å². The summed E-state index contributed by atoms with van der Waals surface area (Å²) in [6.07, 6.45) is 4.70. The summed E-state index contributed by atoms with van der Waals surface area (Å²) in [5.41, 5.74) is 5.66. The van der Waals surface area contributed by atoms with Crippen molar-refractivity contribution in [3.63, 3.8) is 0 Å². The van der Waals surface area contributed by atoms with Crippen molar-refractivity contribution in [2.75, 3.05) is 6.61 Å². The topological polar surface area (TPSA) is 36.3 Å². The lowest BCUT2D eigenvalue weighted by Gasteiger charge is -2.13. The molecule has 0 amide bonds. The lowest BCUT2D eigenvalue weighted by molar-refractivity contribution is 0.283. The maximum absolute atomic E-state index is 6.18. The molecular weight excluding hydrogens is 408 g/mol. The van der Waals surface area contributed by atoms with E-state index >= 15 is 0 Å². The van der Waals surface area contributed by atoms with Gasteiger partial charge in [0.25, 0.3) is 0 Å². The molecule has 0 aliphatic heterocycles. The van der Waals surface area contributed by atoms with Gasteiger partial charge in [-0.05, 0) is 74.1 Å². The Bertz CT molecular complexity index is 1230. The molecule has 0 aliphatic rings. The smallest absolute Gasteiger partial charge is 0.147 e. The fourth-order valence-corrected chi connectivity index (χ4v) is 4.01. The van der Waals surface area contributed by atoms with Crippen LogP contribution < -0.4 is 9.47 Å². The van der Waals surface area contributed by atoms with Crippen molar-refractivity contribution in [3.8, 4) is 11.5 Å². The zero-order valence-electron chi connectivity index (χ0n) is 19.6. The van der Waals surface area contributed by atoms with Gasteiger partial charge in [-0.2, -0.15) is 0 Å². The average Bonchev–Trinajstić information content (AvgIpc) is 3.18. The van der Waals surface area contributed by atoms with Crippen LogP contribution in [0.2, 0.25) is 0 Å². The number of aromatic nitrogens is 2. The third-order valence-electron chi connectivity index (χ3n) is 5.80. The Balaban J connectivity index is 1.40. The fourth-order valence-electron chi connectivity index (χ4n) is 4.01. The van der Waals surface area contributed by atoms with Gasteiger partial charge in [-0.3, -0.25) is 0 Å². The van der Waals surface area contributed by atoms with Crippen molar-refractivity contribution in [3.05, 3.63) is 102 Å². The third-order valence-corrected chi connectivity index (χ3v) is 5.80. The van der Waals surface area contributed by atoms with Gasteiger partial charge in [0.2, 0.25) is 0 Å². The molecule has 4 heteroatoms. The van der Waals surface area contributed by atoms with Gasteiger partial charge >= 0.3 is 0 Å². The Morgan fingerprint density at radius 1 is 0.909 bits per heavy atom. The highest BCUT2D eigenvalue weighted by atomic mass is 16.5. The van der Waals surface area contributed by atoms with Crippen LogP contribution in [-0.4, -0.2) is 16.2 Å². The Morgan fingerprint density at radius 3 is 2.61 bits per heavy atom. The number of ether oxygens (including phenoxy) is 2. The van der Waals surface area contributed by atoms with E-state index in [0.29, 0.717) is 13.2 Å². The summed E-state index contributed by atoms with van der Waals surface area (Å²) in [5, 5.41) is 0. The molecule has 4 rings (SSSR count).